The van der Waals surface area contributed by atoms with E-state index in [1.54, 1.807) is 15.9 Å². The van der Waals surface area contributed by atoms with E-state index >= 15 is 0 Å². The largest absolute Gasteiger partial charge is 0.493 e. The molecule has 1 aliphatic carbocycles. The fourth-order valence-corrected chi connectivity index (χ4v) is 4.35. The third-order valence-electron chi connectivity index (χ3n) is 6.05. The van der Waals surface area contributed by atoms with Crippen molar-refractivity contribution < 1.29 is 27.8 Å². The lowest BCUT2D eigenvalue weighted by atomic mass is 9.86. The van der Waals surface area contributed by atoms with Gasteiger partial charge in [-0.05, 0) is 24.5 Å². The van der Waals surface area contributed by atoms with Crippen LogP contribution in [0.3, 0.4) is 0 Å². The number of halogens is 2. The minimum atomic E-state index is -3.06. The second-order valence-corrected chi connectivity index (χ2v) is 7.93. The molecule has 2 amide bonds. The van der Waals surface area contributed by atoms with Gasteiger partial charge in [0.15, 0.2) is 11.5 Å². The molecule has 30 heavy (non-hydrogen) atoms. The summed E-state index contributed by atoms with van der Waals surface area (Å²) in [7, 11) is 1.33. The Morgan fingerprint density at radius 2 is 1.73 bits per heavy atom. The highest BCUT2D eigenvalue weighted by molar-refractivity contribution is 5.98. The number of carbonyl (C=O) groups is 2. The monoisotopic (exact) mass is 424 g/mol. The molecule has 0 radical (unpaired) electrons. The van der Waals surface area contributed by atoms with Crippen LogP contribution in [-0.4, -0.2) is 61.5 Å². The minimum Gasteiger partial charge on any atom is -0.493 e. The molecule has 0 aromatic heterocycles. The van der Waals surface area contributed by atoms with Crippen molar-refractivity contribution in [2.45, 2.75) is 51.6 Å². The topological polar surface area (TPSA) is 59.1 Å². The molecule has 6 nitrogen and oxygen atoms in total. The lowest BCUT2D eigenvalue weighted by molar-refractivity contribution is -0.133. The summed E-state index contributed by atoms with van der Waals surface area (Å²) in [5.74, 6) is 0.213. The highest BCUT2D eigenvalue weighted by Crippen LogP contribution is 2.33. The summed E-state index contributed by atoms with van der Waals surface area (Å²) in [5.41, 5.74) is 0.0340. The van der Waals surface area contributed by atoms with E-state index in [1.165, 1.54) is 51.3 Å². The number of piperazine rings is 1. The molecule has 0 unspecified atom stereocenters. The molecule has 0 spiro atoms. The second-order valence-electron chi connectivity index (χ2n) is 7.93. The summed E-state index contributed by atoms with van der Waals surface area (Å²) >= 11 is 0. The summed E-state index contributed by atoms with van der Waals surface area (Å²) in [4.78, 5) is 28.8. The van der Waals surface area contributed by atoms with Gasteiger partial charge in [-0.25, -0.2) is 0 Å². The second kappa shape index (κ2) is 10.6. The Labute approximate surface area is 176 Å². The van der Waals surface area contributed by atoms with Gasteiger partial charge < -0.3 is 19.3 Å². The van der Waals surface area contributed by atoms with Crippen molar-refractivity contribution in [2.75, 3.05) is 33.3 Å². The molecule has 2 aliphatic rings. The third-order valence-corrected chi connectivity index (χ3v) is 6.05. The standard InChI is InChI=1S/C22H30F2N2O4/c1-29-18-9-5-8-17(20(18)30-22(23)24)21(28)26-14-12-25(13-15-26)19(27)11-10-16-6-3-2-4-7-16/h5,8-9,16,22H,2-4,6-7,10-15H2,1H3. The average molecular weight is 424 g/mol. The van der Waals surface area contributed by atoms with E-state index in [-0.39, 0.29) is 23.0 Å². The number of hydrogen-bond donors (Lipinski definition) is 0. The Balaban J connectivity index is 1.55. The highest BCUT2D eigenvalue weighted by Gasteiger charge is 2.28. The van der Waals surface area contributed by atoms with Crippen LogP contribution in [-0.2, 0) is 4.79 Å². The molecule has 1 saturated heterocycles. The number of methoxy groups -OCH3 is 1. The zero-order valence-electron chi connectivity index (χ0n) is 17.4. The van der Waals surface area contributed by atoms with Gasteiger partial charge in [0.2, 0.25) is 5.91 Å². The van der Waals surface area contributed by atoms with Crippen LogP contribution in [0.1, 0.15) is 55.3 Å². The van der Waals surface area contributed by atoms with Gasteiger partial charge >= 0.3 is 6.61 Å². The van der Waals surface area contributed by atoms with Gasteiger partial charge in [-0.15, -0.1) is 0 Å². The van der Waals surface area contributed by atoms with Crippen LogP contribution < -0.4 is 9.47 Å². The van der Waals surface area contributed by atoms with Gasteiger partial charge in [0, 0.05) is 32.6 Å². The van der Waals surface area contributed by atoms with Crippen molar-refractivity contribution in [3.63, 3.8) is 0 Å². The number of ether oxygens (including phenoxy) is 2. The lowest BCUT2D eigenvalue weighted by Crippen LogP contribution is -2.50. The Morgan fingerprint density at radius 3 is 2.37 bits per heavy atom. The first-order valence-electron chi connectivity index (χ1n) is 10.7. The van der Waals surface area contributed by atoms with Crippen molar-refractivity contribution in [1.29, 1.82) is 0 Å². The van der Waals surface area contributed by atoms with E-state index in [9.17, 15) is 18.4 Å². The molecule has 1 aliphatic heterocycles. The van der Waals surface area contributed by atoms with Crippen LogP contribution in [0.4, 0.5) is 8.78 Å². The summed E-state index contributed by atoms with van der Waals surface area (Å²) in [6.07, 6.45) is 7.77. The smallest absolute Gasteiger partial charge is 0.387 e. The molecule has 166 valence electrons. The maximum absolute atomic E-state index is 12.9. The number of rotatable bonds is 7. The molecule has 3 rings (SSSR count). The first kappa shape index (κ1) is 22.3. The first-order chi connectivity index (χ1) is 14.5. The van der Waals surface area contributed by atoms with Gasteiger partial charge in [0.05, 0.1) is 12.7 Å². The van der Waals surface area contributed by atoms with E-state index in [4.69, 9.17) is 4.74 Å². The van der Waals surface area contributed by atoms with E-state index in [1.807, 2.05) is 0 Å². The first-order valence-corrected chi connectivity index (χ1v) is 10.7. The quantitative estimate of drug-likeness (QED) is 0.665. The number of benzene rings is 1. The van der Waals surface area contributed by atoms with E-state index < -0.39 is 12.5 Å². The number of amides is 2. The highest BCUT2D eigenvalue weighted by atomic mass is 19.3. The zero-order chi connectivity index (χ0) is 21.5. The number of nitrogens with zero attached hydrogens (tertiary/aromatic N) is 2. The molecular formula is C22H30F2N2O4. The molecule has 0 atom stereocenters. The van der Waals surface area contributed by atoms with Crippen molar-refractivity contribution in [3.8, 4) is 11.5 Å². The predicted molar refractivity (Wildman–Crippen MR) is 108 cm³/mol. The summed E-state index contributed by atoms with van der Waals surface area (Å²) in [5, 5.41) is 0. The fourth-order valence-electron chi connectivity index (χ4n) is 4.35. The normalized spacial score (nSPS) is 17.9. The maximum atomic E-state index is 12.9. The molecule has 1 saturated carbocycles. The van der Waals surface area contributed by atoms with Crippen LogP contribution in [0.15, 0.2) is 18.2 Å². The molecule has 8 heteroatoms. The Morgan fingerprint density at radius 1 is 1.07 bits per heavy atom. The Kier molecular flexibility index (Phi) is 7.87. The van der Waals surface area contributed by atoms with E-state index in [2.05, 4.69) is 4.74 Å². The molecule has 0 bridgehead atoms. The average Bonchev–Trinajstić information content (AvgIpc) is 2.77. The van der Waals surface area contributed by atoms with Gasteiger partial charge in [-0.3, -0.25) is 9.59 Å². The van der Waals surface area contributed by atoms with Crippen molar-refractivity contribution in [3.05, 3.63) is 23.8 Å². The van der Waals surface area contributed by atoms with Gasteiger partial charge in [0.1, 0.15) is 0 Å². The SMILES string of the molecule is COc1cccc(C(=O)N2CCN(C(=O)CCC3CCCCC3)CC2)c1OC(F)F. The molecule has 1 aromatic carbocycles. The van der Waals surface area contributed by atoms with Crippen LogP contribution in [0.2, 0.25) is 0 Å². The zero-order valence-corrected chi connectivity index (χ0v) is 17.4. The van der Waals surface area contributed by atoms with Crippen LogP contribution in [0, 0.1) is 5.92 Å². The fraction of sp³-hybridized carbons (Fsp3) is 0.636. The van der Waals surface area contributed by atoms with Crippen LogP contribution in [0.25, 0.3) is 0 Å². The molecular weight excluding hydrogens is 394 g/mol. The summed E-state index contributed by atoms with van der Waals surface area (Å²) in [6.45, 7) is -1.45. The Bertz CT molecular complexity index is 730. The minimum absolute atomic E-state index is 0.0340. The van der Waals surface area contributed by atoms with Gasteiger partial charge in [-0.1, -0.05) is 38.2 Å². The lowest BCUT2D eigenvalue weighted by Gasteiger charge is -2.35. The van der Waals surface area contributed by atoms with Crippen molar-refractivity contribution in [2.24, 2.45) is 5.92 Å². The predicted octanol–water partition coefficient (Wildman–Crippen LogP) is 3.94. The third kappa shape index (κ3) is 5.61. The van der Waals surface area contributed by atoms with Gasteiger partial charge in [-0.2, -0.15) is 8.78 Å². The number of alkyl halides is 2. The number of carbonyl (C=O) groups excluding carboxylic acids is 2. The van der Waals surface area contributed by atoms with Gasteiger partial charge in [0.25, 0.3) is 5.91 Å². The van der Waals surface area contributed by atoms with Crippen LogP contribution >= 0.6 is 0 Å². The number of hydrogen-bond acceptors (Lipinski definition) is 4. The van der Waals surface area contributed by atoms with Crippen molar-refractivity contribution >= 4 is 11.8 Å². The Hall–Kier alpha value is -2.38. The molecule has 1 aromatic rings. The summed E-state index contributed by atoms with van der Waals surface area (Å²) < 4.78 is 35.3. The number of para-hydroxylation sites is 1. The molecule has 1 heterocycles. The molecule has 2 fully saturated rings. The summed E-state index contributed by atoms with van der Waals surface area (Å²) in [6, 6.07) is 4.48. The van der Waals surface area contributed by atoms with E-state index in [0.29, 0.717) is 38.5 Å². The van der Waals surface area contributed by atoms with Crippen LogP contribution in [0.5, 0.6) is 11.5 Å². The maximum Gasteiger partial charge on any atom is 0.387 e. The van der Waals surface area contributed by atoms with Crippen molar-refractivity contribution in [1.82, 2.24) is 9.80 Å². The molecule has 0 N–H and O–H groups in total. The van der Waals surface area contributed by atoms with E-state index in [0.717, 1.165) is 6.42 Å².